The van der Waals surface area contributed by atoms with Crippen molar-refractivity contribution in [3.8, 4) is 0 Å². The number of aryl methyl sites for hydroxylation is 2. The third-order valence-electron chi connectivity index (χ3n) is 4.78. The number of pyridine rings is 1. The maximum absolute atomic E-state index is 4.68. The summed E-state index contributed by atoms with van der Waals surface area (Å²) in [6, 6.07) is 10.3. The summed E-state index contributed by atoms with van der Waals surface area (Å²) in [6.45, 7) is 4.08. The second-order valence-corrected chi connectivity index (χ2v) is 7.72. The number of hydrogen-bond donors (Lipinski definition) is 1. The Morgan fingerprint density at radius 1 is 1.14 bits per heavy atom. The van der Waals surface area contributed by atoms with Gasteiger partial charge in [0.15, 0.2) is 5.82 Å². The molecule has 1 atom stereocenters. The lowest BCUT2D eigenvalue weighted by Gasteiger charge is -2.10. The van der Waals surface area contributed by atoms with Gasteiger partial charge in [-0.1, -0.05) is 30.4 Å². The molecule has 0 aliphatic heterocycles. The van der Waals surface area contributed by atoms with Crippen LogP contribution in [-0.4, -0.2) is 34.6 Å². The van der Waals surface area contributed by atoms with Crippen molar-refractivity contribution in [3.63, 3.8) is 0 Å². The lowest BCUT2D eigenvalue weighted by atomic mass is 9.99. The molecular weight excluding hydrogens is 372 g/mol. The predicted octanol–water partition coefficient (Wildman–Crippen LogP) is 3.67. The van der Waals surface area contributed by atoms with E-state index in [2.05, 4.69) is 55.8 Å². The topological polar surface area (TPSA) is 85.8 Å². The molecule has 0 saturated carbocycles. The van der Waals surface area contributed by atoms with Gasteiger partial charge in [0.1, 0.15) is 0 Å². The zero-order valence-electron chi connectivity index (χ0n) is 15.7. The molecule has 5 aromatic rings. The highest BCUT2D eigenvalue weighted by atomic mass is 32.1. The van der Waals surface area contributed by atoms with Crippen molar-refractivity contribution in [2.24, 2.45) is 7.05 Å². The molecule has 0 aliphatic rings. The predicted molar refractivity (Wildman–Crippen MR) is 109 cm³/mol. The van der Waals surface area contributed by atoms with Gasteiger partial charge in [-0.2, -0.15) is 9.61 Å². The van der Waals surface area contributed by atoms with Crippen LogP contribution >= 0.6 is 11.3 Å². The zero-order chi connectivity index (χ0) is 19.3. The maximum atomic E-state index is 4.68. The van der Waals surface area contributed by atoms with Crippen LogP contribution in [0.1, 0.15) is 29.9 Å². The van der Waals surface area contributed by atoms with E-state index >= 15 is 0 Å². The van der Waals surface area contributed by atoms with E-state index in [-0.39, 0.29) is 5.92 Å². The number of nitrogens with one attached hydrogen (secondary N) is 1. The number of benzene rings is 1. The third-order valence-corrected chi connectivity index (χ3v) is 5.60. The Bertz CT molecular complexity index is 1300. The van der Waals surface area contributed by atoms with E-state index in [0.29, 0.717) is 0 Å². The van der Waals surface area contributed by atoms with Gasteiger partial charge in [-0.3, -0.25) is 9.67 Å². The summed E-state index contributed by atoms with van der Waals surface area (Å²) in [7, 11) is 1.90. The maximum Gasteiger partial charge on any atom is 0.236 e. The first-order valence-corrected chi connectivity index (χ1v) is 9.74. The Morgan fingerprint density at radius 3 is 2.86 bits per heavy atom. The first-order chi connectivity index (χ1) is 13.6. The van der Waals surface area contributed by atoms with Crippen LogP contribution in [0.2, 0.25) is 0 Å². The van der Waals surface area contributed by atoms with Crippen LogP contribution in [0.4, 0.5) is 10.8 Å². The van der Waals surface area contributed by atoms with Crippen LogP contribution in [0.15, 0.2) is 42.7 Å². The van der Waals surface area contributed by atoms with Crippen LogP contribution in [0.5, 0.6) is 0 Å². The van der Waals surface area contributed by atoms with Gasteiger partial charge in [0.25, 0.3) is 0 Å². The van der Waals surface area contributed by atoms with Crippen LogP contribution < -0.4 is 5.32 Å². The molecule has 0 bridgehead atoms. The van der Waals surface area contributed by atoms with Crippen LogP contribution in [0, 0.1) is 6.92 Å². The summed E-state index contributed by atoms with van der Waals surface area (Å²) in [5, 5.41) is 22.9. The molecule has 28 heavy (non-hydrogen) atoms. The first kappa shape index (κ1) is 16.8. The molecule has 5 rings (SSSR count). The lowest BCUT2D eigenvalue weighted by molar-refractivity contribution is 0.756. The van der Waals surface area contributed by atoms with Crippen molar-refractivity contribution >= 4 is 38.0 Å². The number of nitrogens with zero attached hydrogens (tertiary/aromatic N) is 7. The number of aromatic nitrogens is 7. The fourth-order valence-corrected chi connectivity index (χ4v) is 4.06. The number of anilines is 2. The normalized spacial score (nSPS) is 12.7. The van der Waals surface area contributed by atoms with Gasteiger partial charge in [0.2, 0.25) is 10.1 Å². The van der Waals surface area contributed by atoms with E-state index in [1.165, 1.54) is 11.3 Å². The first-order valence-electron chi connectivity index (χ1n) is 8.92. The molecule has 4 heterocycles. The second kappa shape index (κ2) is 6.38. The minimum atomic E-state index is 0.0506. The Kier molecular flexibility index (Phi) is 3.83. The molecule has 0 saturated heterocycles. The Balaban J connectivity index is 1.49. The van der Waals surface area contributed by atoms with Crippen molar-refractivity contribution in [3.05, 3.63) is 59.8 Å². The molecule has 0 spiro atoms. The average Bonchev–Trinajstić information content (AvgIpc) is 3.35. The summed E-state index contributed by atoms with van der Waals surface area (Å²) >= 11 is 1.47. The second-order valence-electron chi connectivity index (χ2n) is 6.76. The number of hydrogen-bond acceptors (Lipinski definition) is 7. The highest BCUT2D eigenvalue weighted by molar-refractivity contribution is 7.20. The van der Waals surface area contributed by atoms with E-state index in [9.17, 15) is 0 Å². The SMILES string of the molecule is Cc1nn(C)cc1Nc1nn2c(C(C)c3ccc4ncccc4c3)nnc2s1. The molecule has 0 aliphatic carbocycles. The van der Waals surface area contributed by atoms with Gasteiger partial charge in [-0.15, -0.1) is 15.3 Å². The lowest BCUT2D eigenvalue weighted by Crippen LogP contribution is -2.04. The number of fused-ring (bicyclic) bond motifs is 2. The van der Waals surface area contributed by atoms with Crippen LogP contribution in [-0.2, 0) is 7.05 Å². The average molecular weight is 390 g/mol. The minimum Gasteiger partial charge on any atom is -0.327 e. The molecule has 9 heteroatoms. The Labute approximate surface area is 164 Å². The van der Waals surface area contributed by atoms with Gasteiger partial charge in [0, 0.05) is 30.7 Å². The van der Waals surface area contributed by atoms with Crippen molar-refractivity contribution < 1.29 is 0 Å². The summed E-state index contributed by atoms with van der Waals surface area (Å²) in [4.78, 5) is 5.15. The third kappa shape index (κ3) is 2.80. The zero-order valence-corrected chi connectivity index (χ0v) is 16.5. The van der Waals surface area contributed by atoms with Crippen molar-refractivity contribution in [2.45, 2.75) is 19.8 Å². The molecule has 1 aromatic carbocycles. The molecule has 140 valence electrons. The Morgan fingerprint density at radius 2 is 2.04 bits per heavy atom. The van der Waals surface area contributed by atoms with Crippen LogP contribution in [0.3, 0.4) is 0 Å². The monoisotopic (exact) mass is 390 g/mol. The van der Waals surface area contributed by atoms with Gasteiger partial charge in [-0.05, 0) is 30.7 Å². The highest BCUT2D eigenvalue weighted by Crippen LogP contribution is 2.29. The summed E-state index contributed by atoms with van der Waals surface area (Å²) < 4.78 is 3.59. The van der Waals surface area contributed by atoms with E-state index < -0.39 is 0 Å². The largest absolute Gasteiger partial charge is 0.327 e. The highest BCUT2D eigenvalue weighted by Gasteiger charge is 2.19. The molecule has 4 aromatic heterocycles. The molecule has 1 unspecified atom stereocenters. The fourth-order valence-electron chi connectivity index (χ4n) is 3.30. The van der Waals surface area contributed by atoms with Crippen molar-refractivity contribution in [2.75, 3.05) is 5.32 Å². The summed E-state index contributed by atoms with van der Waals surface area (Å²) in [6.07, 6.45) is 3.74. The van der Waals surface area contributed by atoms with E-state index in [0.717, 1.165) is 43.8 Å². The minimum absolute atomic E-state index is 0.0506. The summed E-state index contributed by atoms with van der Waals surface area (Å²) in [5.74, 6) is 0.861. The van der Waals surface area contributed by atoms with E-state index in [1.807, 2.05) is 36.8 Å². The van der Waals surface area contributed by atoms with Crippen molar-refractivity contribution in [1.82, 2.24) is 34.6 Å². The van der Waals surface area contributed by atoms with Gasteiger partial charge >= 0.3 is 0 Å². The van der Waals surface area contributed by atoms with Gasteiger partial charge in [-0.25, -0.2) is 0 Å². The smallest absolute Gasteiger partial charge is 0.236 e. The summed E-state index contributed by atoms with van der Waals surface area (Å²) in [5.41, 5.74) is 3.99. The molecular formula is C19H18N8S. The van der Waals surface area contributed by atoms with E-state index in [1.54, 1.807) is 10.9 Å². The van der Waals surface area contributed by atoms with Gasteiger partial charge in [0.05, 0.1) is 16.9 Å². The van der Waals surface area contributed by atoms with Gasteiger partial charge < -0.3 is 5.32 Å². The molecule has 0 fully saturated rings. The van der Waals surface area contributed by atoms with E-state index in [4.69, 9.17) is 0 Å². The fraction of sp³-hybridized carbons (Fsp3) is 0.211. The van der Waals surface area contributed by atoms with Crippen molar-refractivity contribution in [1.29, 1.82) is 0 Å². The molecule has 1 N–H and O–H groups in total. The molecule has 0 amide bonds. The Hall–Kier alpha value is -3.33. The number of rotatable bonds is 4. The standard InChI is InChI=1S/C19H18N8S/c1-11(13-6-7-15-14(9-13)5-4-8-20-15)17-22-23-19-27(17)25-18(28-19)21-16-10-26(3)24-12(16)2/h4-11H,1-3H3,(H,21,25). The quantitative estimate of drug-likeness (QED) is 0.504. The van der Waals surface area contributed by atoms with Crippen LogP contribution in [0.25, 0.3) is 15.9 Å². The molecule has 0 radical (unpaired) electrons. The molecule has 8 nitrogen and oxygen atoms in total.